The minimum Gasteiger partial charge on any atom is -0.490 e. The van der Waals surface area contributed by atoms with Crippen molar-refractivity contribution in [2.24, 2.45) is 5.16 Å². The molecule has 0 unspecified atom stereocenters. The molecule has 0 fully saturated rings. The van der Waals surface area contributed by atoms with Gasteiger partial charge < -0.3 is 19.4 Å². The molecule has 30 heavy (non-hydrogen) atoms. The van der Waals surface area contributed by atoms with Crippen LogP contribution in [0.15, 0.2) is 65.8 Å². The average Bonchev–Trinajstić information content (AvgIpc) is 2.74. The first-order valence-corrected chi connectivity index (χ1v) is 10.1. The molecule has 3 aromatic rings. The molecular formula is C23H21Cl2NO4. The van der Waals surface area contributed by atoms with Gasteiger partial charge in [-0.25, -0.2) is 0 Å². The molecule has 0 atom stereocenters. The van der Waals surface area contributed by atoms with Crippen molar-refractivity contribution in [1.29, 1.82) is 0 Å². The van der Waals surface area contributed by atoms with Crippen molar-refractivity contribution < 1.29 is 19.4 Å². The third-order valence-corrected chi connectivity index (χ3v) is 4.72. The Balaban J connectivity index is 1.71. The van der Waals surface area contributed by atoms with E-state index in [1.807, 2.05) is 55.5 Å². The Bertz CT molecular complexity index is 986. The van der Waals surface area contributed by atoms with E-state index in [4.69, 9.17) is 42.6 Å². The summed E-state index contributed by atoms with van der Waals surface area (Å²) in [5.74, 6) is 1.66. The summed E-state index contributed by atoms with van der Waals surface area (Å²) in [5, 5.41) is 12.3. The quantitative estimate of drug-likeness (QED) is 0.236. The van der Waals surface area contributed by atoms with Crippen LogP contribution in [-0.4, -0.2) is 18.0 Å². The Kier molecular flexibility index (Phi) is 7.82. The highest BCUT2D eigenvalue weighted by atomic mass is 35.5. The maximum Gasteiger partial charge on any atom is 0.161 e. The van der Waals surface area contributed by atoms with Crippen LogP contribution in [0.3, 0.4) is 0 Å². The fraction of sp³-hybridized carbons (Fsp3) is 0.174. The molecule has 0 heterocycles. The highest BCUT2D eigenvalue weighted by molar-refractivity contribution is 6.37. The fourth-order valence-corrected chi connectivity index (χ4v) is 3.39. The molecule has 0 aliphatic rings. The van der Waals surface area contributed by atoms with Crippen molar-refractivity contribution in [3.8, 4) is 17.2 Å². The van der Waals surface area contributed by atoms with Crippen LogP contribution in [-0.2, 0) is 13.2 Å². The summed E-state index contributed by atoms with van der Waals surface area (Å²) >= 11 is 12.5. The van der Waals surface area contributed by atoms with Crippen LogP contribution < -0.4 is 14.2 Å². The van der Waals surface area contributed by atoms with Gasteiger partial charge in [0.2, 0.25) is 0 Å². The Morgan fingerprint density at radius 2 is 1.53 bits per heavy atom. The van der Waals surface area contributed by atoms with Gasteiger partial charge in [-0.15, -0.1) is 0 Å². The van der Waals surface area contributed by atoms with Crippen LogP contribution >= 0.6 is 23.2 Å². The predicted octanol–water partition coefficient (Wildman–Crippen LogP) is 6.36. The zero-order valence-corrected chi connectivity index (χ0v) is 17.9. The van der Waals surface area contributed by atoms with Crippen LogP contribution in [0, 0.1) is 0 Å². The Hall–Kier alpha value is -2.89. The van der Waals surface area contributed by atoms with E-state index >= 15 is 0 Å². The maximum atomic E-state index is 8.65. The lowest BCUT2D eigenvalue weighted by atomic mass is 10.2. The first kappa shape index (κ1) is 21.8. The number of benzene rings is 3. The van der Waals surface area contributed by atoms with E-state index in [0.29, 0.717) is 46.1 Å². The van der Waals surface area contributed by atoms with Gasteiger partial charge in [0.25, 0.3) is 0 Å². The molecule has 3 rings (SSSR count). The molecule has 5 nitrogen and oxygen atoms in total. The molecule has 1 N–H and O–H groups in total. The van der Waals surface area contributed by atoms with Crippen molar-refractivity contribution in [3.63, 3.8) is 0 Å². The van der Waals surface area contributed by atoms with Crippen molar-refractivity contribution in [2.45, 2.75) is 20.1 Å². The largest absolute Gasteiger partial charge is 0.490 e. The molecule has 0 spiro atoms. The van der Waals surface area contributed by atoms with E-state index in [1.165, 1.54) is 6.21 Å². The smallest absolute Gasteiger partial charge is 0.161 e. The number of ether oxygens (including phenoxy) is 3. The van der Waals surface area contributed by atoms with E-state index in [2.05, 4.69) is 5.16 Å². The Morgan fingerprint density at radius 3 is 2.20 bits per heavy atom. The van der Waals surface area contributed by atoms with Crippen LogP contribution in [0.1, 0.15) is 23.6 Å². The second-order valence-electron chi connectivity index (χ2n) is 6.34. The molecule has 3 aromatic carbocycles. The zero-order chi connectivity index (χ0) is 21.3. The highest BCUT2D eigenvalue weighted by Crippen LogP contribution is 2.35. The topological polar surface area (TPSA) is 60.3 Å². The van der Waals surface area contributed by atoms with Gasteiger partial charge in [0.15, 0.2) is 17.2 Å². The summed E-state index contributed by atoms with van der Waals surface area (Å²) in [6.07, 6.45) is 1.24. The van der Waals surface area contributed by atoms with E-state index in [-0.39, 0.29) is 6.61 Å². The van der Waals surface area contributed by atoms with E-state index in [0.717, 1.165) is 11.1 Å². The normalized spacial score (nSPS) is 10.9. The number of halogens is 2. The van der Waals surface area contributed by atoms with Gasteiger partial charge in [-0.2, -0.15) is 0 Å². The lowest BCUT2D eigenvalue weighted by Gasteiger charge is -2.15. The molecule has 0 aromatic heterocycles. The Morgan fingerprint density at radius 1 is 0.833 bits per heavy atom. The number of oxime groups is 1. The average molecular weight is 446 g/mol. The van der Waals surface area contributed by atoms with Crippen LogP contribution in [0.5, 0.6) is 17.2 Å². The lowest BCUT2D eigenvalue weighted by molar-refractivity contribution is 0.267. The standard InChI is InChI=1S/C23H21Cl2NO4/c1-2-28-22-12-17(8-9-21(22)29-14-16-6-4-3-5-7-16)15-30-23-19(24)10-18(13-26-27)11-20(23)25/h3-13,27H,2,14-15H2,1H3/b26-13+. The van der Waals surface area contributed by atoms with E-state index in [1.54, 1.807) is 12.1 Å². The second kappa shape index (κ2) is 10.8. The van der Waals surface area contributed by atoms with E-state index < -0.39 is 0 Å². The summed E-state index contributed by atoms with van der Waals surface area (Å²) < 4.78 is 17.5. The molecule has 0 amide bonds. The summed E-state index contributed by atoms with van der Waals surface area (Å²) in [5.41, 5.74) is 2.52. The minimum atomic E-state index is 0.242. The van der Waals surface area contributed by atoms with Gasteiger partial charge in [0.1, 0.15) is 13.2 Å². The van der Waals surface area contributed by atoms with Gasteiger partial charge in [-0.1, -0.05) is 64.8 Å². The number of hydrogen-bond acceptors (Lipinski definition) is 5. The molecule has 0 aliphatic carbocycles. The monoisotopic (exact) mass is 445 g/mol. The van der Waals surface area contributed by atoms with Crippen molar-refractivity contribution in [3.05, 3.63) is 87.4 Å². The van der Waals surface area contributed by atoms with Crippen molar-refractivity contribution in [2.75, 3.05) is 6.61 Å². The molecule has 0 aliphatic heterocycles. The molecule has 0 saturated carbocycles. The van der Waals surface area contributed by atoms with Gasteiger partial charge >= 0.3 is 0 Å². The van der Waals surface area contributed by atoms with E-state index in [9.17, 15) is 0 Å². The first-order valence-electron chi connectivity index (χ1n) is 9.32. The molecular weight excluding hydrogens is 425 g/mol. The summed E-state index contributed by atoms with van der Waals surface area (Å²) in [6.45, 7) is 3.12. The first-order chi connectivity index (χ1) is 14.6. The Labute approximate surface area is 185 Å². The van der Waals surface area contributed by atoms with Crippen LogP contribution in [0.25, 0.3) is 0 Å². The number of nitrogens with zero attached hydrogens (tertiary/aromatic N) is 1. The van der Waals surface area contributed by atoms with Crippen molar-refractivity contribution >= 4 is 29.4 Å². The van der Waals surface area contributed by atoms with Crippen LogP contribution in [0.4, 0.5) is 0 Å². The molecule has 0 radical (unpaired) electrons. The third-order valence-electron chi connectivity index (χ3n) is 4.16. The third kappa shape index (κ3) is 5.81. The van der Waals surface area contributed by atoms with Crippen LogP contribution in [0.2, 0.25) is 10.0 Å². The number of hydrogen-bond donors (Lipinski definition) is 1. The summed E-state index contributed by atoms with van der Waals surface area (Å²) in [7, 11) is 0. The van der Waals surface area contributed by atoms with Gasteiger partial charge in [-0.3, -0.25) is 0 Å². The summed E-state index contributed by atoms with van der Waals surface area (Å²) in [4.78, 5) is 0. The van der Waals surface area contributed by atoms with Gasteiger partial charge in [0, 0.05) is 0 Å². The molecule has 7 heteroatoms. The maximum absolute atomic E-state index is 8.65. The SMILES string of the molecule is CCOc1cc(COc2c(Cl)cc(/C=N/O)cc2Cl)ccc1OCc1ccccc1. The van der Waals surface area contributed by atoms with Crippen molar-refractivity contribution in [1.82, 2.24) is 0 Å². The van der Waals surface area contributed by atoms with Gasteiger partial charge in [-0.05, 0) is 47.9 Å². The van der Waals surface area contributed by atoms with Gasteiger partial charge in [0.05, 0.1) is 22.9 Å². The second-order valence-corrected chi connectivity index (χ2v) is 7.15. The lowest BCUT2D eigenvalue weighted by Crippen LogP contribution is -2.02. The molecule has 156 valence electrons. The predicted molar refractivity (Wildman–Crippen MR) is 119 cm³/mol. The minimum absolute atomic E-state index is 0.242. The number of rotatable bonds is 9. The molecule has 0 bridgehead atoms. The zero-order valence-electron chi connectivity index (χ0n) is 16.3. The summed E-state index contributed by atoms with van der Waals surface area (Å²) in [6, 6.07) is 18.8. The molecule has 0 saturated heterocycles. The fourth-order valence-electron chi connectivity index (χ4n) is 2.78. The highest BCUT2D eigenvalue weighted by Gasteiger charge is 2.12.